The number of nitrogens with one attached hydrogen (secondary N) is 1. The highest BCUT2D eigenvalue weighted by Gasteiger charge is 2.34. The molecule has 0 unspecified atom stereocenters. The Morgan fingerprint density at radius 2 is 2.00 bits per heavy atom. The van der Waals surface area contributed by atoms with E-state index in [9.17, 15) is 14.7 Å². The smallest absolute Gasteiger partial charge is 0.321 e. The van der Waals surface area contributed by atoms with Gasteiger partial charge in [-0.15, -0.1) is 0 Å². The fourth-order valence-electron chi connectivity index (χ4n) is 4.24. The standard InChI is InChI=1S/C30H33N5O5/c1-20-17-35(21(2)19-36)29(37)26-14-23(9-8-22-10-12-31-13-11-22)16-32-28(26)40-27(20)18-34(3)30(38)33-24-6-5-7-25(15-24)39-4/h5-7,10-16,20-21,27,36H,17-19H2,1-4H3,(H,33,38)/t20-,21-,27+/m0/s1. The normalized spacial score (nSPS) is 17.2. The van der Waals surface area contributed by atoms with E-state index in [1.807, 2.05) is 6.92 Å². The molecule has 3 aromatic rings. The van der Waals surface area contributed by atoms with Gasteiger partial charge >= 0.3 is 6.03 Å². The topological polar surface area (TPSA) is 117 Å². The number of methoxy groups -OCH3 is 1. The summed E-state index contributed by atoms with van der Waals surface area (Å²) in [5, 5.41) is 12.8. The predicted octanol–water partition coefficient (Wildman–Crippen LogP) is 3.27. The van der Waals surface area contributed by atoms with Crippen molar-refractivity contribution in [1.82, 2.24) is 19.8 Å². The van der Waals surface area contributed by atoms with E-state index < -0.39 is 12.1 Å². The van der Waals surface area contributed by atoms with Crippen molar-refractivity contribution in [3.8, 4) is 23.5 Å². The number of hydrogen-bond donors (Lipinski definition) is 2. The number of aliphatic hydroxyl groups excluding tert-OH is 1. The van der Waals surface area contributed by atoms with E-state index >= 15 is 0 Å². The molecule has 2 aromatic heterocycles. The summed E-state index contributed by atoms with van der Waals surface area (Å²) in [6.45, 7) is 4.09. The molecule has 0 spiro atoms. The second-order valence-corrected chi connectivity index (χ2v) is 9.73. The second-order valence-electron chi connectivity index (χ2n) is 9.73. The van der Waals surface area contributed by atoms with E-state index in [1.54, 1.807) is 87.0 Å². The van der Waals surface area contributed by atoms with Gasteiger partial charge in [0.1, 0.15) is 17.4 Å². The summed E-state index contributed by atoms with van der Waals surface area (Å²) in [6.07, 6.45) is 4.39. The van der Waals surface area contributed by atoms with Gasteiger partial charge in [-0.25, -0.2) is 9.78 Å². The van der Waals surface area contributed by atoms with Crippen molar-refractivity contribution >= 4 is 17.6 Å². The fourth-order valence-corrected chi connectivity index (χ4v) is 4.24. The molecule has 1 aliphatic heterocycles. The van der Waals surface area contributed by atoms with Crippen molar-refractivity contribution < 1.29 is 24.2 Å². The van der Waals surface area contributed by atoms with Crippen LogP contribution >= 0.6 is 0 Å². The lowest BCUT2D eigenvalue weighted by molar-refractivity contribution is 0.0356. The zero-order valence-electron chi connectivity index (χ0n) is 23.0. The highest BCUT2D eigenvalue weighted by atomic mass is 16.5. The molecule has 2 N–H and O–H groups in total. The lowest BCUT2D eigenvalue weighted by atomic mass is 10.00. The maximum absolute atomic E-state index is 13.6. The molecule has 0 fully saturated rings. The number of aliphatic hydroxyl groups is 1. The summed E-state index contributed by atoms with van der Waals surface area (Å²) in [5.74, 6) is 6.40. The number of rotatable bonds is 6. The number of likely N-dealkylation sites (N-methyl/N-ethyl adjacent to an activating group) is 1. The van der Waals surface area contributed by atoms with Gasteiger partial charge in [-0.05, 0) is 37.3 Å². The van der Waals surface area contributed by atoms with Gasteiger partial charge in [-0.3, -0.25) is 9.78 Å². The van der Waals surface area contributed by atoms with Crippen LogP contribution in [0.15, 0.2) is 61.1 Å². The maximum atomic E-state index is 13.6. The van der Waals surface area contributed by atoms with Crippen molar-refractivity contribution in [1.29, 1.82) is 0 Å². The van der Waals surface area contributed by atoms with Crippen molar-refractivity contribution in [3.63, 3.8) is 0 Å². The van der Waals surface area contributed by atoms with E-state index in [1.165, 1.54) is 4.90 Å². The number of urea groups is 1. The molecule has 208 valence electrons. The Kier molecular flexibility index (Phi) is 9.19. The van der Waals surface area contributed by atoms with Gasteiger partial charge < -0.3 is 29.7 Å². The van der Waals surface area contributed by atoms with Crippen LogP contribution in [0.5, 0.6) is 11.6 Å². The van der Waals surface area contributed by atoms with Gasteiger partial charge in [-0.2, -0.15) is 0 Å². The third kappa shape index (κ3) is 6.87. The first kappa shape index (κ1) is 28.4. The monoisotopic (exact) mass is 543 g/mol. The Hall–Kier alpha value is -4.62. The number of aromatic nitrogens is 2. The molecule has 0 radical (unpaired) electrons. The summed E-state index contributed by atoms with van der Waals surface area (Å²) in [6, 6.07) is 11.6. The number of carbonyl (C=O) groups is 2. The third-order valence-corrected chi connectivity index (χ3v) is 6.67. The van der Waals surface area contributed by atoms with E-state index in [-0.39, 0.29) is 42.5 Å². The number of pyridine rings is 2. The Bertz CT molecular complexity index is 1400. The van der Waals surface area contributed by atoms with E-state index in [0.717, 1.165) is 5.56 Å². The summed E-state index contributed by atoms with van der Waals surface area (Å²) >= 11 is 0. The van der Waals surface area contributed by atoms with Gasteiger partial charge in [0.15, 0.2) is 0 Å². The van der Waals surface area contributed by atoms with Gasteiger partial charge in [0.2, 0.25) is 5.88 Å². The van der Waals surface area contributed by atoms with Gasteiger partial charge in [0.05, 0.1) is 26.3 Å². The molecule has 10 nitrogen and oxygen atoms in total. The molecule has 0 saturated carbocycles. The zero-order valence-corrected chi connectivity index (χ0v) is 23.0. The third-order valence-electron chi connectivity index (χ3n) is 6.67. The minimum atomic E-state index is -0.484. The van der Waals surface area contributed by atoms with Crippen LogP contribution in [0.4, 0.5) is 10.5 Å². The van der Waals surface area contributed by atoms with Crippen molar-refractivity contribution in [2.45, 2.75) is 26.0 Å². The molecule has 0 saturated heterocycles. The van der Waals surface area contributed by atoms with Crippen LogP contribution in [0.2, 0.25) is 0 Å². The largest absolute Gasteiger partial charge is 0.497 e. The van der Waals surface area contributed by atoms with Crippen molar-refractivity contribution in [3.05, 3.63) is 77.7 Å². The molecule has 10 heteroatoms. The number of anilines is 1. The quantitative estimate of drug-likeness (QED) is 0.459. The van der Waals surface area contributed by atoms with Crippen LogP contribution in [0, 0.1) is 17.8 Å². The first-order valence-corrected chi connectivity index (χ1v) is 13.0. The number of nitrogens with zero attached hydrogens (tertiary/aromatic N) is 4. The number of hydrogen-bond acceptors (Lipinski definition) is 7. The summed E-state index contributed by atoms with van der Waals surface area (Å²) in [4.78, 5) is 38.2. The van der Waals surface area contributed by atoms with E-state index in [0.29, 0.717) is 23.5 Å². The summed E-state index contributed by atoms with van der Waals surface area (Å²) < 4.78 is 11.5. The molecule has 3 atom stereocenters. The first-order chi connectivity index (χ1) is 19.3. The molecule has 40 heavy (non-hydrogen) atoms. The average Bonchev–Trinajstić information content (AvgIpc) is 2.98. The predicted molar refractivity (Wildman–Crippen MR) is 150 cm³/mol. The maximum Gasteiger partial charge on any atom is 0.321 e. The fraction of sp³-hybridized carbons (Fsp3) is 0.333. The van der Waals surface area contributed by atoms with Crippen molar-refractivity contribution in [2.75, 3.05) is 39.2 Å². The second kappa shape index (κ2) is 13.0. The van der Waals surface area contributed by atoms with Crippen LogP contribution in [0.1, 0.15) is 35.3 Å². The Balaban J connectivity index is 1.59. The molecule has 0 aliphatic carbocycles. The minimum absolute atomic E-state index is 0.160. The van der Waals surface area contributed by atoms with Gasteiger partial charge in [-0.1, -0.05) is 24.8 Å². The molecule has 0 bridgehead atoms. The lowest BCUT2D eigenvalue weighted by Crippen LogP contribution is -2.50. The highest BCUT2D eigenvalue weighted by Crippen LogP contribution is 2.27. The van der Waals surface area contributed by atoms with E-state index in [2.05, 4.69) is 27.1 Å². The SMILES string of the molecule is COc1cccc(NC(=O)N(C)C[C@H]2Oc3ncc(C#Cc4ccncc4)cc3C(=O)N([C@@H](C)CO)C[C@@H]2C)c1. The van der Waals surface area contributed by atoms with Crippen LogP contribution in [0.3, 0.4) is 0 Å². The molecular formula is C30H33N5O5. The van der Waals surface area contributed by atoms with Crippen LogP contribution < -0.4 is 14.8 Å². The number of amides is 3. The zero-order chi connectivity index (χ0) is 28.6. The average molecular weight is 544 g/mol. The van der Waals surface area contributed by atoms with E-state index in [4.69, 9.17) is 9.47 Å². The highest BCUT2D eigenvalue weighted by molar-refractivity contribution is 5.97. The van der Waals surface area contributed by atoms with Gasteiger partial charge in [0.25, 0.3) is 5.91 Å². The first-order valence-electron chi connectivity index (χ1n) is 13.0. The Labute approximate surface area is 234 Å². The molecule has 3 heterocycles. The Morgan fingerprint density at radius 1 is 1.25 bits per heavy atom. The van der Waals surface area contributed by atoms with Crippen molar-refractivity contribution in [2.24, 2.45) is 5.92 Å². The molecule has 3 amide bonds. The van der Waals surface area contributed by atoms with Crippen LogP contribution in [0.25, 0.3) is 0 Å². The lowest BCUT2D eigenvalue weighted by Gasteiger charge is -2.37. The number of carbonyl (C=O) groups excluding carboxylic acids is 2. The van der Waals surface area contributed by atoms with Crippen LogP contribution in [-0.2, 0) is 0 Å². The minimum Gasteiger partial charge on any atom is -0.497 e. The molecule has 1 aromatic carbocycles. The number of fused-ring (bicyclic) bond motifs is 1. The number of benzene rings is 1. The molecular weight excluding hydrogens is 510 g/mol. The van der Waals surface area contributed by atoms with Gasteiger partial charge in [0, 0.05) is 61.0 Å². The molecule has 4 rings (SSSR count). The van der Waals surface area contributed by atoms with Crippen LogP contribution in [-0.4, -0.2) is 82.8 Å². The Morgan fingerprint density at radius 3 is 2.73 bits per heavy atom. The number of ether oxygens (including phenoxy) is 2. The molecule has 1 aliphatic rings. The summed E-state index contributed by atoms with van der Waals surface area (Å²) in [5.41, 5.74) is 2.18. The summed E-state index contributed by atoms with van der Waals surface area (Å²) in [7, 11) is 3.24.